The Labute approximate surface area is 192 Å². The zero-order valence-electron chi connectivity index (χ0n) is 18.6. The van der Waals surface area contributed by atoms with Gasteiger partial charge >= 0.3 is 0 Å². The Morgan fingerprint density at radius 3 is 2.70 bits per heavy atom. The number of Topliss-reactive ketones (excluding diaryl/α,β-unsaturated/α-hetero) is 1. The Kier molecular flexibility index (Phi) is 5.29. The van der Waals surface area contributed by atoms with Gasteiger partial charge in [-0.25, -0.2) is 12.8 Å². The van der Waals surface area contributed by atoms with E-state index in [0.29, 0.717) is 48.9 Å². The predicted octanol–water partition coefficient (Wildman–Crippen LogP) is 3.50. The van der Waals surface area contributed by atoms with Crippen molar-refractivity contribution in [2.45, 2.75) is 37.6 Å². The first-order valence-electron chi connectivity index (χ1n) is 11.1. The van der Waals surface area contributed by atoms with Crippen molar-refractivity contribution in [2.75, 3.05) is 31.1 Å². The molecule has 0 amide bonds. The number of ether oxygens (including phenoxy) is 1. The zero-order chi connectivity index (χ0) is 23.4. The van der Waals surface area contributed by atoms with E-state index in [0.717, 1.165) is 6.42 Å². The van der Waals surface area contributed by atoms with Gasteiger partial charge in [0.15, 0.2) is 5.84 Å². The number of rotatable bonds is 5. The van der Waals surface area contributed by atoms with Crippen LogP contribution in [0.1, 0.15) is 37.0 Å². The van der Waals surface area contributed by atoms with E-state index in [1.54, 1.807) is 12.1 Å². The maximum absolute atomic E-state index is 13.5. The van der Waals surface area contributed by atoms with E-state index in [-0.39, 0.29) is 34.6 Å². The molecule has 33 heavy (non-hydrogen) atoms. The number of nitrogens with zero attached hydrogens (tertiary/aromatic N) is 3. The highest BCUT2D eigenvalue weighted by Gasteiger charge is 2.42. The molecule has 2 aromatic carbocycles. The molecule has 3 aliphatic rings. The van der Waals surface area contributed by atoms with Crippen molar-refractivity contribution in [1.29, 1.82) is 0 Å². The molecule has 1 atom stereocenters. The number of halogens is 1. The number of sulfonamides is 1. The number of ketones is 1. The second kappa shape index (κ2) is 7.92. The zero-order valence-corrected chi connectivity index (χ0v) is 19.4. The molecule has 0 unspecified atom stereocenters. The summed E-state index contributed by atoms with van der Waals surface area (Å²) in [5, 5.41) is 0. The van der Waals surface area contributed by atoms with Crippen LogP contribution in [0.3, 0.4) is 0 Å². The van der Waals surface area contributed by atoms with E-state index in [4.69, 9.17) is 4.74 Å². The van der Waals surface area contributed by atoms with Crippen molar-refractivity contribution in [3.8, 4) is 5.75 Å². The van der Waals surface area contributed by atoms with Gasteiger partial charge in [0.05, 0.1) is 22.2 Å². The van der Waals surface area contributed by atoms with E-state index in [2.05, 4.69) is 18.8 Å². The molecular weight excluding hydrogens is 445 g/mol. The number of hydrogen-bond donors (Lipinski definition) is 0. The fourth-order valence-corrected chi connectivity index (χ4v) is 6.39. The van der Waals surface area contributed by atoms with Crippen molar-refractivity contribution in [2.24, 2.45) is 10.4 Å². The molecule has 1 saturated heterocycles. The predicted molar refractivity (Wildman–Crippen MR) is 123 cm³/mol. The van der Waals surface area contributed by atoms with E-state index in [9.17, 15) is 17.6 Å². The van der Waals surface area contributed by atoms with E-state index in [1.807, 2.05) is 4.90 Å². The van der Waals surface area contributed by atoms with Gasteiger partial charge in [-0.15, -0.1) is 0 Å². The lowest BCUT2D eigenvalue weighted by Gasteiger charge is -2.34. The summed E-state index contributed by atoms with van der Waals surface area (Å²) in [6.07, 6.45) is 1.39. The van der Waals surface area contributed by atoms with E-state index < -0.39 is 10.0 Å². The lowest BCUT2D eigenvalue weighted by Crippen LogP contribution is -2.44. The fourth-order valence-electron chi connectivity index (χ4n) is 4.68. The number of hydrogen-bond acceptors (Lipinski definition) is 6. The van der Waals surface area contributed by atoms with Crippen molar-refractivity contribution in [3.63, 3.8) is 0 Å². The Hall–Kier alpha value is -2.78. The Morgan fingerprint density at radius 2 is 1.94 bits per heavy atom. The van der Waals surface area contributed by atoms with Crippen LogP contribution in [0.15, 0.2) is 52.4 Å². The third kappa shape index (κ3) is 3.93. The van der Waals surface area contributed by atoms with Crippen LogP contribution in [0.25, 0.3) is 0 Å². The van der Waals surface area contributed by atoms with Gasteiger partial charge in [-0.3, -0.25) is 9.79 Å². The minimum Gasteiger partial charge on any atom is -0.492 e. The highest BCUT2D eigenvalue weighted by Crippen LogP contribution is 2.37. The normalized spacial score (nSPS) is 22.2. The minimum absolute atomic E-state index is 0.0660. The van der Waals surface area contributed by atoms with E-state index in [1.165, 1.54) is 34.6 Å². The van der Waals surface area contributed by atoms with Crippen LogP contribution in [0, 0.1) is 11.2 Å². The molecule has 3 heterocycles. The first-order valence-corrected chi connectivity index (χ1v) is 12.5. The number of benzene rings is 2. The molecule has 0 saturated carbocycles. The van der Waals surface area contributed by atoms with Crippen LogP contribution >= 0.6 is 0 Å². The standard InChI is InChI=1S/C24H26FN3O4S/c1-24(2)14-26-23-22(29)20-12-19(9-10-21(20)27(23)15-24)33(30,31)28-11-3-4-17(28)13-32-18-7-5-16(25)6-8-18/h5-10,12,17H,3-4,11,13-15H2,1-2H3/t17-/m0/s1. The van der Waals surface area contributed by atoms with Gasteiger partial charge in [-0.2, -0.15) is 4.31 Å². The molecule has 0 aliphatic carbocycles. The Bertz CT molecular complexity index is 1240. The van der Waals surface area contributed by atoms with Crippen LogP contribution in [-0.4, -0.2) is 56.6 Å². The molecule has 2 aromatic rings. The number of anilines is 1. The van der Waals surface area contributed by atoms with Gasteiger partial charge in [0.25, 0.3) is 0 Å². The molecule has 0 N–H and O–H groups in total. The third-order valence-corrected chi connectivity index (χ3v) is 8.34. The van der Waals surface area contributed by atoms with Crippen LogP contribution in [0.4, 0.5) is 10.1 Å². The second-order valence-electron chi connectivity index (χ2n) is 9.58. The third-order valence-electron chi connectivity index (χ3n) is 6.39. The first-order chi connectivity index (χ1) is 15.7. The Balaban J connectivity index is 1.38. The van der Waals surface area contributed by atoms with Gasteiger partial charge in [0.1, 0.15) is 18.2 Å². The summed E-state index contributed by atoms with van der Waals surface area (Å²) in [7, 11) is -3.82. The summed E-state index contributed by atoms with van der Waals surface area (Å²) >= 11 is 0. The number of carbonyl (C=O) groups is 1. The molecule has 0 aromatic heterocycles. The first kappa shape index (κ1) is 22.0. The van der Waals surface area contributed by atoms with Crippen molar-refractivity contribution in [1.82, 2.24) is 4.31 Å². The molecule has 9 heteroatoms. The summed E-state index contributed by atoms with van der Waals surface area (Å²) < 4.78 is 47.3. The van der Waals surface area contributed by atoms with Crippen LogP contribution in [0.2, 0.25) is 0 Å². The molecule has 0 spiro atoms. The fraction of sp³-hybridized carbons (Fsp3) is 0.417. The highest BCUT2D eigenvalue weighted by molar-refractivity contribution is 7.89. The molecule has 174 valence electrons. The summed E-state index contributed by atoms with van der Waals surface area (Å²) in [5.41, 5.74) is 1.03. The molecule has 5 rings (SSSR count). The van der Waals surface area contributed by atoms with Crippen LogP contribution < -0.4 is 9.64 Å². The molecule has 0 bridgehead atoms. The number of fused-ring (bicyclic) bond motifs is 3. The quantitative estimate of drug-likeness (QED) is 0.667. The topological polar surface area (TPSA) is 79.3 Å². The van der Waals surface area contributed by atoms with Crippen molar-refractivity contribution in [3.05, 3.63) is 53.8 Å². The van der Waals surface area contributed by atoms with Gasteiger partial charge in [0, 0.05) is 25.0 Å². The number of carbonyl (C=O) groups excluding carboxylic acids is 1. The summed E-state index contributed by atoms with van der Waals surface area (Å²) in [6.45, 7) is 5.97. The van der Waals surface area contributed by atoms with Gasteiger partial charge in [-0.05, 0) is 55.3 Å². The average molecular weight is 472 g/mol. The molecule has 3 aliphatic heterocycles. The van der Waals surface area contributed by atoms with Gasteiger partial charge in [-0.1, -0.05) is 13.8 Å². The minimum atomic E-state index is -3.82. The molecule has 1 fully saturated rings. The lowest BCUT2D eigenvalue weighted by molar-refractivity contribution is 0.106. The van der Waals surface area contributed by atoms with Crippen molar-refractivity contribution < 1.29 is 22.3 Å². The van der Waals surface area contributed by atoms with Crippen LogP contribution in [0.5, 0.6) is 5.75 Å². The number of amidine groups is 1. The highest BCUT2D eigenvalue weighted by atomic mass is 32.2. The van der Waals surface area contributed by atoms with E-state index >= 15 is 0 Å². The largest absolute Gasteiger partial charge is 0.492 e. The maximum atomic E-state index is 13.5. The van der Waals surface area contributed by atoms with Crippen LogP contribution in [-0.2, 0) is 10.0 Å². The monoisotopic (exact) mass is 471 g/mol. The summed E-state index contributed by atoms with van der Waals surface area (Å²) in [5.74, 6) is 0.300. The summed E-state index contributed by atoms with van der Waals surface area (Å²) in [4.78, 5) is 19.4. The smallest absolute Gasteiger partial charge is 0.243 e. The second-order valence-corrected chi connectivity index (χ2v) is 11.5. The van der Waals surface area contributed by atoms with Crippen molar-refractivity contribution >= 4 is 27.3 Å². The molecule has 7 nitrogen and oxygen atoms in total. The summed E-state index contributed by atoms with van der Waals surface area (Å²) in [6, 6.07) is 10.1. The van der Waals surface area contributed by atoms with Gasteiger partial charge in [0.2, 0.25) is 15.8 Å². The molecule has 0 radical (unpaired) electrons. The van der Waals surface area contributed by atoms with Gasteiger partial charge < -0.3 is 9.64 Å². The Morgan fingerprint density at radius 1 is 1.18 bits per heavy atom. The average Bonchev–Trinajstić information content (AvgIpc) is 3.36. The SMILES string of the molecule is CC1(C)CN=C2C(=O)c3cc(S(=O)(=O)N4CCC[C@H]4COc4ccc(F)cc4)ccc3N2C1. The lowest BCUT2D eigenvalue weighted by atomic mass is 9.91. The maximum Gasteiger partial charge on any atom is 0.243 e. The number of aliphatic imine (C=N–C) groups is 1. The molecular formula is C24H26FN3O4S.